The number of carbonyl (C=O) groups is 2. The second kappa shape index (κ2) is 12.5. The minimum atomic E-state index is -0.451. The Labute approximate surface area is 196 Å². The van der Waals surface area contributed by atoms with Crippen molar-refractivity contribution in [2.24, 2.45) is 10.2 Å². The largest absolute Gasteiger partial charge is 0.283 e. The molecule has 2 aromatic heterocycles. The zero-order chi connectivity index (χ0) is 24.4. The number of nitrogens with one attached hydrogen (secondary N) is 2. The van der Waals surface area contributed by atoms with Crippen LogP contribution in [0.25, 0.3) is 0 Å². The van der Waals surface area contributed by atoms with Crippen LogP contribution in [0.2, 0.25) is 0 Å². The molecule has 0 aromatic carbocycles. The third kappa shape index (κ3) is 7.84. The number of rotatable bonds is 12. The second-order valence-corrected chi connectivity index (χ2v) is 8.91. The average molecular weight is 495 g/mol. The van der Waals surface area contributed by atoms with Gasteiger partial charge in [0.05, 0.1) is 41.8 Å². The fourth-order valence-corrected chi connectivity index (χ4v) is 4.56. The standard InChI is InChI=1S/C19H22N6O6S2/c1-3-16-14(24(28)29)8-12(32-16)10-20-22-18(26)6-5-7-19(27)23-21-11-13-9-15(25(30)31)17(4-2)33-13/h8-11H,3-7H2,1-2H3,(H,22,26)(H,23,27)/b20-10+,21-11+. The van der Waals surface area contributed by atoms with Crippen LogP contribution in [0.3, 0.4) is 0 Å². The molecule has 2 amide bonds. The molecule has 176 valence electrons. The summed E-state index contributed by atoms with van der Waals surface area (Å²) >= 11 is 2.46. The molecular formula is C19H22N6O6S2. The molecule has 2 heterocycles. The number of hydrogen-bond donors (Lipinski definition) is 2. The van der Waals surface area contributed by atoms with Gasteiger partial charge in [-0.25, -0.2) is 10.9 Å². The molecule has 0 atom stereocenters. The van der Waals surface area contributed by atoms with Crippen molar-refractivity contribution in [2.75, 3.05) is 0 Å². The smallest absolute Gasteiger partial charge is 0.273 e. The van der Waals surface area contributed by atoms with E-state index in [9.17, 15) is 29.8 Å². The average Bonchev–Trinajstić information content (AvgIpc) is 3.38. The van der Waals surface area contributed by atoms with Gasteiger partial charge in [-0.15, -0.1) is 22.7 Å². The van der Waals surface area contributed by atoms with Gasteiger partial charge in [-0.05, 0) is 19.3 Å². The van der Waals surface area contributed by atoms with Gasteiger partial charge in [0, 0.05) is 25.0 Å². The van der Waals surface area contributed by atoms with Crippen LogP contribution in [0.5, 0.6) is 0 Å². The molecule has 0 saturated heterocycles. The number of amides is 2. The zero-order valence-corrected chi connectivity index (χ0v) is 19.5. The quantitative estimate of drug-likeness (QED) is 0.260. The van der Waals surface area contributed by atoms with Gasteiger partial charge in [0.1, 0.15) is 0 Å². The van der Waals surface area contributed by atoms with Crippen molar-refractivity contribution in [2.45, 2.75) is 46.0 Å². The third-order valence-electron chi connectivity index (χ3n) is 4.22. The van der Waals surface area contributed by atoms with Gasteiger partial charge >= 0.3 is 0 Å². The van der Waals surface area contributed by atoms with Crippen LogP contribution in [-0.2, 0) is 22.4 Å². The summed E-state index contributed by atoms with van der Waals surface area (Å²) in [6.45, 7) is 3.64. The summed E-state index contributed by atoms with van der Waals surface area (Å²) in [5.74, 6) is -0.801. The summed E-state index contributed by atoms with van der Waals surface area (Å²) in [5, 5.41) is 29.5. The Hall–Kier alpha value is -3.52. The van der Waals surface area contributed by atoms with Gasteiger partial charge in [0.15, 0.2) is 0 Å². The predicted octanol–water partition coefficient (Wildman–Crippen LogP) is 3.52. The molecule has 0 radical (unpaired) electrons. The lowest BCUT2D eigenvalue weighted by Gasteiger charge is -2.00. The first-order valence-corrected chi connectivity index (χ1v) is 11.6. The van der Waals surface area contributed by atoms with Crippen LogP contribution >= 0.6 is 22.7 Å². The van der Waals surface area contributed by atoms with Crippen molar-refractivity contribution in [1.82, 2.24) is 10.9 Å². The normalized spacial score (nSPS) is 11.2. The monoisotopic (exact) mass is 494 g/mol. The van der Waals surface area contributed by atoms with E-state index in [0.717, 1.165) is 0 Å². The lowest BCUT2D eigenvalue weighted by atomic mass is 10.2. The van der Waals surface area contributed by atoms with Crippen molar-refractivity contribution in [3.05, 3.63) is 51.9 Å². The first kappa shape index (κ1) is 25.7. The first-order chi connectivity index (χ1) is 15.7. The topological polar surface area (TPSA) is 169 Å². The van der Waals surface area contributed by atoms with E-state index >= 15 is 0 Å². The molecule has 33 heavy (non-hydrogen) atoms. The molecule has 0 bridgehead atoms. The van der Waals surface area contributed by atoms with Crippen LogP contribution in [0.4, 0.5) is 11.4 Å². The SMILES string of the molecule is CCc1sc(/C=N/NC(=O)CCCC(=O)N/N=C/c2cc([N+](=O)[O-])c(CC)s2)cc1[N+](=O)[O-]. The highest BCUT2D eigenvalue weighted by Crippen LogP contribution is 2.29. The van der Waals surface area contributed by atoms with E-state index in [0.29, 0.717) is 32.4 Å². The Balaban J connectivity index is 1.72. The molecule has 0 unspecified atom stereocenters. The summed E-state index contributed by atoms with van der Waals surface area (Å²) in [5.41, 5.74) is 4.71. The number of thiophene rings is 2. The third-order valence-corrected chi connectivity index (χ3v) is 6.62. The number of aryl methyl sites for hydroxylation is 2. The minimum Gasteiger partial charge on any atom is -0.273 e. The van der Waals surface area contributed by atoms with Gasteiger partial charge < -0.3 is 0 Å². The summed E-state index contributed by atoms with van der Waals surface area (Å²) in [4.78, 5) is 47.1. The Morgan fingerprint density at radius 3 is 1.58 bits per heavy atom. The molecule has 12 nitrogen and oxygen atoms in total. The Bertz CT molecular complexity index is 1010. The fraction of sp³-hybridized carbons (Fsp3) is 0.368. The predicted molar refractivity (Wildman–Crippen MR) is 126 cm³/mol. The van der Waals surface area contributed by atoms with Crippen molar-refractivity contribution in [3.63, 3.8) is 0 Å². The number of hydrogen-bond acceptors (Lipinski definition) is 10. The van der Waals surface area contributed by atoms with E-state index in [1.165, 1.54) is 47.2 Å². The Morgan fingerprint density at radius 1 is 0.879 bits per heavy atom. The Kier molecular flexibility index (Phi) is 9.75. The molecule has 0 saturated carbocycles. The maximum Gasteiger partial charge on any atom is 0.283 e. The second-order valence-electron chi connectivity index (χ2n) is 6.58. The number of hydrazone groups is 2. The molecular weight excluding hydrogens is 472 g/mol. The van der Waals surface area contributed by atoms with Crippen molar-refractivity contribution in [1.29, 1.82) is 0 Å². The summed E-state index contributed by atoms with van der Waals surface area (Å²) in [6, 6.07) is 2.81. The molecule has 2 rings (SSSR count). The highest BCUT2D eigenvalue weighted by atomic mass is 32.1. The van der Waals surface area contributed by atoms with E-state index in [1.54, 1.807) is 0 Å². The van der Waals surface area contributed by atoms with Crippen LogP contribution in [0.15, 0.2) is 22.3 Å². The van der Waals surface area contributed by atoms with E-state index in [-0.39, 0.29) is 30.6 Å². The van der Waals surface area contributed by atoms with Crippen molar-refractivity contribution >= 4 is 58.3 Å². The number of nitrogens with zero attached hydrogens (tertiary/aromatic N) is 4. The minimum absolute atomic E-state index is 0.0343. The number of nitro groups is 2. The summed E-state index contributed by atoms with van der Waals surface area (Å²) in [7, 11) is 0. The van der Waals surface area contributed by atoms with Gasteiger partial charge in [0.2, 0.25) is 11.8 Å². The molecule has 0 aliphatic heterocycles. The molecule has 14 heteroatoms. The van der Waals surface area contributed by atoms with Crippen molar-refractivity contribution in [3.8, 4) is 0 Å². The highest BCUT2D eigenvalue weighted by Gasteiger charge is 2.17. The van der Waals surface area contributed by atoms with Crippen LogP contribution < -0.4 is 10.9 Å². The molecule has 0 spiro atoms. The van der Waals surface area contributed by atoms with E-state index < -0.39 is 21.7 Å². The maximum absolute atomic E-state index is 11.8. The Morgan fingerprint density at radius 2 is 1.27 bits per heavy atom. The van der Waals surface area contributed by atoms with Gasteiger partial charge in [0.25, 0.3) is 11.4 Å². The fourth-order valence-electron chi connectivity index (χ4n) is 2.68. The number of carbonyl (C=O) groups excluding carboxylic acids is 2. The molecule has 0 fully saturated rings. The molecule has 2 aromatic rings. The zero-order valence-electron chi connectivity index (χ0n) is 17.9. The van der Waals surface area contributed by atoms with Crippen LogP contribution in [0.1, 0.15) is 52.6 Å². The van der Waals surface area contributed by atoms with Gasteiger partial charge in [-0.2, -0.15) is 10.2 Å². The summed E-state index contributed by atoms with van der Waals surface area (Å²) in [6.07, 6.45) is 4.11. The highest BCUT2D eigenvalue weighted by molar-refractivity contribution is 7.14. The van der Waals surface area contributed by atoms with Crippen molar-refractivity contribution < 1.29 is 19.4 Å². The van der Waals surface area contributed by atoms with Gasteiger partial charge in [-0.3, -0.25) is 29.8 Å². The van der Waals surface area contributed by atoms with E-state index in [2.05, 4.69) is 21.1 Å². The maximum atomic E-state index is 11.8. The van der Waals surface area contributed by atoms with E-state index in [4.69, 9.17) is 0 Å². The molecule has 0 aliphatic carbocycles. The van der Waals surface area contributed by atoms with Gasteiger partial charge in [-0.1, -0.05) is 13.8 Å². The lowest BCUT2D eigenvalue weighted by Crippen LogP contribution is -2.20. The van der Waals surface area contributed by atoms with Crippen LogP contribution in [0, 0.1) is 20.2 Å². The molecule has 0 aliphatic rings. The summed E-state index contributed by atoms with van der Waals surface area (Å²) < 4.78 is 0. The van der Waals surface area contributed by atoms with Crippen LogP contribution in [-0.4, -0.2) is 34.1 Å². The molecule has 2 N–H and O–H groups in total. The first-order valence-electron chi connectivity index (χ1n) is 9.93. The van der Waals surface area contributed by atoms with E-state index in [1.807, 2.05) is 13.8 Å². The lowest BCUT2D eigenvalue weighted by molar-refractivity contribution is -0.385.